The standard InChI is InChI=1S/C14H17N3O2S/c1-14(2,3)10-6-4-5-7-11(10)19-8-12(18)16-13-17-15-9-20-13/h4-7,9H,8H2,1-3H3,(H,16,17,18). The summed E-state index contributed by atoms with van der Waals surface area (Å²) in [6.07, 6.45) is 0. The van der Waals surface area contributed by atoms with Gasteiger partial charge >= 0.3 is 0 Å². The highest BCUT2D eigenvalue weighted by Gasteiger charge is 2.18. The molecule has 1 amide bonds. The number of para-hydroxylation sites is 1. The van der Waals surface area contributed by atoms with Crippen molar-refractivity contribution in [1.82, 2.24) is 10.2 Å². The van der Waals surface area contributed by atoms with Gasteiger partial charge in [-0.25, -0.2) is 0 Å². The van der Waals surface area contributed by atoms with Crippen LogP contribution in [0.5, 0.6) is 5.75 Å². The third-order valence-electron chi connectivity index (χ3n) is 2.66. The van der Waals surface area contributed by atoms with Gasteiger partial charge in [-0.1, -0.05) is 50.3 Å². The quantitative estimate of drug-likeness (QED) is 0.940. The summed E-state index contributed by atoms with van der Waals surface area (Å²) in [6.45, 7) is 6.27. The van der Waals surface area contributed by atoms with Crippen LogP contribution in [0.1, 0.15) is 26.3 Å². The average Bonchev–Trinajstić information content (AvgIpc) is 2.88. The number of carbonyl (C=O) groups is 1. The Kier molecular flexibility index (Phi) is 4.34. The number of nitrogens with zero attached hydrogens (tertiary/aromatic N) is 2. The van der Waals surface area contributed by atoms with E-state index in [2.05, 4.69) is 36.3 Å². The topological polar surface area (TPSA) is 64.1 Å². The fraction of sp³-hybridized carbons (Fsp3) is 0.357. The first-order valence-corrected chi connectivity index (χ1v) is 7.13. The molecule has 5 nitrogen and oxygen atoms in total. The van der Waals surface area contributed by atoms with E-state index in [0.29, 0.717) is 5.13 Å². The number of aromatic nitrogens is 2. The molecule has 2 aromatic rings. The number of ether oxygens (including phenoxy) is 1. The molecule has 0 unspecified atom stereocenters. The summed E-state index contributed by atoms with van der Waals surface area (Å²) < 4.78 is 5.62. The van der Waals surface area contributed by atoms with Gasteiger partial charge < -0.3 is 4.74 Å². The number of carbonyl (C=O) groups excluding carboxylic acids is 1. The van der Waals surface area contributed by atoms with Crippen LogP contribution in [0.4, 0.5) is 5.13 Å². The van der Waals surface area contributed by atoms with Crippen LogP contribution in [-0.4, -0.2) is 22.7 Å². The lowest BCUT2D eigenvalue weighted by atomic mass is 9.86. The molecule has 0 aliphatic rings. The smallest absolute Gasteiger partial charge is 0.264 e. The Bertz CT molecular complexity index is 576. The molecule has 0 aliphatic heterocycles. The molecule has 1 aromatic heterocycles. The summed E-state index contributed by atoms with van der Waals surface area (Å²) in [5, 5.41) is 10.5. The number of benzene rings is 1. The van der Waals surface area contributed by atoms with Crippen LogP contribution in [0.15, 0.2) is 29.8 Å². The molecular weight excluding hydrogens is 274 g/mol. The zero-order chi connectivity index (χ0) is 14.6. The summed E-state index contributed by atoms with van der Waals surface area (Å²) in [5.41, 5.74) is 2.60. The molecule has 0 fully saturated rings. The summed E-state index contributed by atoms with van der Waals surface area (Å²) in [4.78, 5) is 11.7. The van der Waals surface area contributed by atoms with Crippen LogP contribution < -0.4 is 10.1 Å². The maximum absolute atomic E-state index is 11.7. The van der Waals surface area contributed by atoms with Gasteiger partial charge in [0.1, 0.15) is 11.3 Å². The Balaban J connectivity index is 1.99. The Hall–Kier alpha value is -1.95. The molecule has 1 N–H and O–H groups in total. The normalized spacial score (nSPS) is 11.2. The molecule has 0 bridgehead atoms. The number of rotatable bonds is 4. The number of anilines is 1. The Morgan fingerprint density at radius 3 is 2.75 bits per heavy atom. The summed E-state index contributed by atoms with van der Waals surface area (Å²) in [7, 11) is 0. The van der Waals surface area contributed by atoms with Crippen molar-refractivity contribution in [2.45, 2.75) is 26.2 Å². The van der Waals surface area contributed by atoms with Crippen LogP contribution in [0.2, 0.25) is 0 Å². The van der Waals surface area contributed by atoms with E-state index in [-0.39, 0.29) is 17.9 Å². The van der Waals surface area contributed by atoms with Crippen molar-refractivity contribution < 1.29 is 9.53 Å². The van der Waals surface area contributed by atoms with Crippen LogP contribution in [0.25, 0.3) is 0 Å². The second kappa shape index (κ2) is 6.00. The lowest BCUT2D eigenvalue weighted by molar-refractivity contribution is -0.118. The fourth-order valence-electron chi connectivity index (χ4n) is 1.74. The maximum Gasteiger partial charge on any atom is 0.264 e. The summed E-state index contributed by atoms with van der Waals surface area (Å²) >= 11 is 1.27. The molecule has 0 spiro atoms. The van der Waals surface area contributed by atoms with E-state index in [1.54, 1.807) is 5.51 Å². The zero-order valence-corrected chi connectivity index (χ0v) is 12.5. The van der Waals surface area contributed by atoms with E-state index in [1.165, 1.54) is 11.3 Å². The number of amides is 1. The number of hydrogen-bond donors (Lipinski definition) is 1. The predicted octanol–water partition coefficient (Wildman–Crippen LogP) is 2.85. The number of nitrogens with one attached hydrogen (secondary N) is 1. The predicted molar refractivity (Wildman–Crippen MR) is 79.2 cm³/mol. The highest BCUT2D eigenvalue weighted by atomic mass is 32.1. The second-order valence-corrected chi connectivity index (χ2v) is 6.16. The Labute approximate surface area is 122 Å². The van der Waals surface area contributed by atoms with Gasteiger partial charge in [0.25, 0.3) is 5.91 Å². The SMILES string of the molecule is CC(C)(C)c1ccccc1OCC(=O)Nc1nncs1. The van der Waals surface area contributed by atoms with E-state index < -0.39 is 0 Å². The highest BCUT2D eigenvalue weighted by molar-refractivity contribution is 7.13. The van der Waals surface area contributed by atoms with Crippen molar-refractivity contribution in [1.29, 1.82) is 0 Å². The molecule has 1 aromatic carbocycles. The van der Waals surface area contributed by atoms with E-state index in [4.69, 9.17) is 4.74 Å². The molecule has 6 heteroatoms. The van der Waals surface area contributed by atoms with E-state index in [0.717, 1.165) is 11.3 Å². The van der Waals surface area contributed by atoms with Crippen molar-refractivity contribution in [3.8, 4) is 5.75 Å². The van der Waals surface area contributed by atoms with Gasteiger partial charge in [0, 0.05) is 0 Å². The molecule has 20 heavy (non-hydrogen) atoms. The minimum atomic E-state index is -0.245. The minimum Gasteiger partial charge on any atom is -0.483 e. The molecule has 0 radical (unpaired) electrons. The monoisotopic (exact) mass is 291 g/mol. The van der Waals surface area contributed by atoms with Gasteiger partial charge in [-0.05, 0) is 17.0 Å². The minimum absolute atomic E-state index is 0.0354. The van der Waals surface area contributed by atoms with Crippen molar-refractivity contribution in [2.75, 3.05) is 11.9 Å². The summed E-state index contributed by atoms with van der Waals surface area (Å²) in [5.74, 6) is 0.484. The Morgan fingerprint density at radius 1 is 1.35 bits per heavy atom. The molecule has 106 valence electrons. The van der Waals surface area contributed by atoms with Gasteiger partial charge in [-0.15, -0.1) is 10.2 Å². The summed E-state index contributed by atoms with van der Waals surface area (Å²) in [6, 6.07) is 7.75. The fourth-order valence-corrected chi connectivity index (χ4v) is 2.20. The third-order valence-corrected chi connectivity index (χ3v) is 3.27. The van der Waals surface area contributed by atoms with Crippen molar-refractivity contribution in [3.63, 3.8) is 0 Å². The van der Waals surface area contributed by atoms with Crippen LogP contribution in [-0.2, 0) is 10.2 Å². The largest absolute Gasteiger partial charge is 0.483 e. The van der Waals surface area contributed by atoms with Crippen LogP contribution >= 0.6 is 11.3 Å². The molecule has 0 aliphatic carbocycles. The molecule has 2 rings (SSSR count). The maximum atomic E-state index is 11.7. The highest BCUT2D eigenvalue weighted by Crippen LogP contribution is 2.30. The van der Waals surface area contributed by atoms with E-state index in [1.807, 2.05) is 24.3 Å². The average molecular weight is 291 g/mol. The van der Waals surface area contributed by atoms with Gasteiger partial charge in [0.2, 0.25) is 5.13 Å². The lowest BCUT2D eigenvalue weighted by Gasteiger charge is -2.22. The van der Waals surface area contributed by atoms with Crippen LogP contribution in [0.3, 0.4) is 0 Å². The Morgan fingerprint density at radius 2 is 2.10 bits per heavy atom. The van der Waals surface area contributed by atoms with E-state index in [9.17, 15) is 4.79 Å². The number of hydrogen-bond acceptors (Lipinski definition) is 5. The molecule has 0 atom stereocenters. The molecule has 1 heterocycles. The first-order valence-electron chi connectivity index (χ1n) is 6.25. The van der Waals surface area contributed by atoms with Gasteiger partial charge in [-0.2, -0.15) is 0 Å². The molecule has 0 saturated heterocycles. The first-order chi connectivity index (χ1) is 9.47. The third kappa shape index (κ3) is 3.77. The van der Waals surface area contributed by atoms with Gasteiger partial charge in [0.05, 0.1) is 0 Å². The van der Waals surface area contributed by atoms with Crippen molar-refractivity contribution >= 4 is 22.4 Å². The lowest BCUT2D eigenvalue weighted by Crippen LogP contribution is -2.21. The van der Waals surface area contributed by atoms with E-state index >= 15 is 0 Å². The second-order valence-electron chi connectivity index (χ2n) is 5.33. The van der Waals surface area contributed by atoms with Gasteiger partial charge in [0.15, 0.2) is 6.61 Å². The first kappa shape index (κ1) is 14.5. The molecular formula is C14H17N3O2S. The van der Waals surface area contributed by atoms with Crippen molar-refractivity contribution in [2.24, 2.45) is 0 Å². The molecule has 0 saturated carbocycles. The van der Waals surface area contributed by atoms with Crippen molar-refractivity contribution in [3.05, 3.63) is 35.3 Å². The van der Waals surface area contributed by atoms with Gasteiger partial charge in [-0.3, -0.25) is 10.1 Å². The zero-order valence-electron chi connectivity index (χ0n) is 11.7. The van der Waals surface area contributed by atoms with Crippen LogP contribution in [0, 0.1) is 0 Å².